The van der Waals surface area contributed by atoms with Gasteiger partial charge in [0.2, 0.25) is 0 Å². The van der Waals surface area contributed by atoms with Crippen molar-refractivity contribution in [1.29, 1.82) is 0 Å². The Morgan fingerprint density at radius 1 is 1.25 bits per heavy atom. The van der Waals surface area contributed by atoms with Crippen LogP contribution in [0.15, 0.2) is 28.8 Å². The van der Waals surface area contributed by atoms with Crippen molar-refractivity contribution >= 4 is 11.9 Å². The number of benzene rings is 1. The van der Waals surface area contributed by atoms with E-state index in [0.717, 1.165) is 5.69 Å². The first-order valence-corrected chi connectivity index (χ1v) is 7.31. The molecule has 1 aromatic heterocycles. The van der Waals surface area contributed by atoms with Gasteiger partial charge in [-0.1, -0.05) is 5.16 Å². The average molecular weight is 334 g/mol. The van der Waals surface area contributed by atoms with Crippen molar-refractivity contribution in [3.05, 3.63) is 41.3 Å². The highest BCUT2D eigenvalue weighted by atomic mass is 16.5. The maximum atomic E-state index is 12.2. The van der Waals surface area contributed by atoms with Crippen LogP contribution in [-0.4, -0.2) is 35.4 Å². The molecule has 0 radical (unpaired) electrons. The van der Waals surface area contributed by atoms with E-state index in [-0.39, 0.29) is 18.2 Å². The number of ether oxygens (including phenoxy) is 2. The monoisotopic (exact) mass is 334 g/mol. The number of hydrogen-bond donors (Lipinski definition) is 2. The van der Waals surface area contributed by atoms with Gasteiger partial charge in [-0.15, -0.1) is 0 Å². The Morgan fingerprint density at radius 2 is 2.04 bits per heavy atom. The summed E-state index contributed by atoms with van der Waals surface area (Å²) in [6.07, 6.45) is 0. The van der Waals surface area contributed by atoms with E-state index >= 15 is 0 Å². The van der Waals surface area contributed by atoms with E-state index in [0.29, 0.717) is 23.7 Å². The summed E-state index contributed by atoms with van der Waals surface area (Å²) >= 11 is 0. The summed E-state index contributed by atoms with van der Waals surface area (Å²) < 4.78 is 15.6. The van der Waals surface area contributed by atoms with Gasteiger partial charge in [-0.25, -0.2) is 4.79 Å². The smallest absolute Gasteiger partial charge is 0.341 e. The summed E-state index contributed by atoms with van der Waals surface area (Å²) in [7, 11) is 0. The molecular weight excluding hydrogens is 316 g/mol. The number of hydrogen-bond acceptors (Lipinski definition) is 6. The summed E-state index contributed by atoms with van der Waals surface area (Å²) in [6, 6.07) is 6.26. The van der Waals surface area contributed by atoms with Gasteiger partial charge in [-0.05, 0) is 32.0 Å². The molecule has 2 N–H and O–H groups in total. The Kier molecular flexibility index (Phi) is 5.78. The van der Waals surface area contributed by atoms with Gasteiger partial charge in [-0.2, -0.15) is 0 Å². The zero-order valence-electron chi connectivity index (χ0n) is 13.4. The van der Waals surface area contributed by atoms with Gasteiger partial charge in [-0.3, -0.25) is 4.79 Å². The molecule has 8 nitrogen and oxygen atoms in total. The molecule has 0 unspecified atom stereocenters. The van der Waals surface area contributed by atoms with Crippen molar-refractivity contribution in [2.45, 2.75) is 20.4 Å². The summed E-state index contributed by atoms with van der Waals surface area (Å²) in [4.78, 5) is 22.8. The zero-order chi connectivity index (χ0) is 17.5. The molecule has 24 heavy (non-hydrogen) atoms. The van der Waals surface area contributed by atoms with Crippen molar-refractivity contribution in [2.75, 3.05) is 13.2 Å². The number of amides is 1. The van der Waals surface area contributed by atoms with E-state index < -0.39 is 12.6 Å². The highest BCUT2D eigenvalue weighted by Crippen LogP contribution is 2.28. The number of aromatic nitrogens is 1. The lowest BCUT2D eigenvalue weighted by molar-refractivity contribution is -0.139. The van der Waals surface area contributed by atoms with Crippen molar-refractivity contribution < 1.29 is 28.7 Å². The number of carboxylic acid groups (broad SMARTS) is 1. The van der Waals surface area contributed by atoms with Crippen LogP contribution >= 0.6 is 0 Å². The van der Waals surface area contributed by atoms with Crippen LogP contribution in [0.4, 0.5) is 0 Å². The van der Waals surface area contributed by atoms with E-state index in [1.54, 1.807) is 19.9 Å². The second kappa shape index (κ2) is 8.00. The Balaban J connectivity index is 2.06. The molecule has 0 spiro atoms. The second-order valence-electron chi connectivity index (χ2n) is 4.89. The van der Waals surface area contributed by atoms with Crippen LogP contribution in [-0.2, 0) is 11.3 Å². The van der Waals surface area contributed by atoms with E-state index in [2.05, 4.69) is 10.5 Å². The molecule has 128 valence electrons. The number of rotatable bonds is 8. The molecule has 1 amide bonds. The number of aryl methyl sites for hydroxylation is 1. The fourth-order valence-electron chi connectivity index (χ4n) is 1.95. The minimum absolute atomic E-state index is 0.209. The molecule has 0 atom stereocenters. The molecule has 0 saturated heterocycles. The van der Waals surface area contributed by atoms with Crippen LogP contribution in [0.5, 0.6) is 11.5 Å². The van der Waals surface area contributed by atoms with Crippen LogP contribution in [0.3, 0.4) is 0 Å². The summed E-state index contributed by atoms with van der Waals surface area (Å²) in [5.74, 6) is -0.299. The Morgan fingerprint density at radius 3 is 2.67 bits per heavy atom. The Labute approximate surface area is 138 Å². The first kappa shape index (κ1) is 17.3. The summed E-state index contributed by atoms with van der Waals surface area (Å²) in [6.45, 7) is 3.64. The third kappa shape index (κ3) is 4.73. The first-order valence-electron chi connectivity index (χ1n) is 7.31. The van der Waals surface area contributed by atoms with Crippen LogP contribution < -0.4 is 14.8 Å². The molecule has 0 fully saturated rings. The fraction of sp³-hybridized carbons (Fsp3) is 0.312. The topological polar surface area (TPSA) is 111 Å². The lowest BCUT2D eigenvalue weighted by atomic mass is 10.2. The maximum absolute atomic E-state index is 12.2. The predicted molar refractivity (Wildman–Crippen MR) is 83.2 cm³/mol. The van der Waals surface area contributed by atoms with E-state index in [4.69, 9.17) is 19.1 Å². The molecule has 2 aromatic rings. The van der Waals surface area contributed by atoms with Crippen molar-refractivity contribution in [1.82, 2.24) is 10.5 Å². The van der Waals surface area contributed by atoms with Crippen molar-refractivity contribution in [2.24, 2.45) is 0 Å². The van der Waals surface area contributed by atoms with Gasteiger partial charge in [0.15, 0.2) is 23.9 Å². The van der Waals surface area contributed by atoms with Gasteiger partial charge >= 0.3 is 5.97 Å². The van der Waals surface area contributed by atoms with Crippen LogP contribution in [0.2, 0.25) is 0 Å². The highest BCUT2D eigenvalue weighted by molar-refractivity contribution is 5.94. The standard InChI is InChI=1S/C16H18N2O6/c1-3-22-14-7-11(4-5-13(14)23-9-15(19)20)16(21)17-8-12-6-10(2)18-24-12/h4-7H,3,8-9H2,1-2H3,(H,17,21)(H,19,20). The first-order chi connectivity index (χ1) is 11.5. The summed E-state index contributed by atoms with van der Waals surface area (Å²) in [5, 5.41) is 15.1. The van der Waals surface area contributed by atoms with Crippen LogP contribution in [0, 0.1) is 6.92 Å². The number of carboxylic acids is 1. The number of aliphatic carboxylic acids is 1. The van der Waals surface area contributed by atoms with Gasteiger partial charge in [0.1, 0.15) is 0 Å². The molecule has 1 aromatic carbocycles. The molecule has 0 aliphatic heterocycles. The van der Waals surface area contributed by atoms with Gasteiger partial charge in [0, 0.05) is 11.6 Å². The van der Waals surface area contributed by atoms with Gasteiger partial charge in [0.05, 0.1) is 18.8 Å². The third-order valence-corrected chi connectivity index (χ3v) is 2.96. The Bertz CT molecular complexity index is 725. The minimum atomic E-state index is -1.10. The molecule has 0 aliphatic carbocycles. The second-order valence-corrected chi connectivity index (χ2v) is 4.89. The minimum Gasteiger partial charge on any atom is -0.490 e. The molecule has 0 aliphatic rings. The zero-order valence-corrected chi connectivity index (χ0v) is 13.4. The van der Waals surface area contributed by atoms with Crippen molar-refractivity contribution in [3.63, 3.8) is 0 Å². The largest absolute Gasteiger partial charge is 0.490 e. The lowest BCUT2D eigenvalue weighted by Crippen LogP contribution is -2.22. The quantitative estimate of drug-likeness (QED) is 0.757. The van der Waals surface area contributed by atoms with E-state index in [9.17, 15) is 9.59 Å². The Hall–Kier alpha value is -3.03. The van der Waals surface area contributed by atoms with E-state index in [1.807, 2.05) is 0 Å². The SMILES string of the molecule is CCOc1cc(C(=O)NCc2cc(C)no2)ccc1OCC(=O)O. The van der Waals surface area contributed by atoms with Gasteiger partial charge < -0.3 is 24.4 Å². The normalized spacial score (nSPS) is 10.2. The van der Waals surface area contributed by atoms with E-state index in [1.165, 1.54) is 18.2 Å². The van der Waals surface area contributed by atoms with Crippen LogP contribution in [0.1, 0.15) is 28.7 Å². The molecule has 2 rings (SSSR count). The fourth-order valence-corrected chi connectivity index (χ4v) is 1.95. The number of nitrogens with zero attached hydrogens (tertiary/aromatic N) is 1. The van der Waals surface area contributed by atoms with Gasteiger partial charge in [0.25, 0.3) is 5.91 Å². The molecule has 1 heterocycles. The number of nitrogens with one attached hydrogen (secondary N) is 1. The maximum Gasteiger partial charge on any atom is 0.341 e. The molecule has 8 heteroatoms. The third-order valence-electron chi connectivity index (χ3n) is 2.96. The summed E-state index contributed by atoms with van der Waals surface area (Å²) in [5.41, 5.74) is 1.09. The number of carbonyl (C=O) groups is 2. The highest BCUT2D eigenvalue weighted by Gasteiger charge is 2.13. The lowest BCUT2D eigenvalue weighted by Gasteiger charge is -2.12. The molecule has 0 bridgehead atoms. The predicted octanol–water partition coefficient (Wildman–Crippen LogP) is 1.78. The average Bonchev–Trinajstić information content (AvgIpc) is 2.97. The van der Waals surface area contributed by atoms with Crippen molar-refractivity contribution in [3.8, 4) is 11.5 Å². The number of carbonyl (C=O) groups excluding carboxylic acids is 1. The van der Waals surface area contributed by atoms with Crippen LogP contribution in [0.25, 0.3) is 0 Å². The molecule has 0 saturated carbocycles. The molecular formula is C16H18N2O6.